The molecule has 1 spiro atoms. The lowest BCUT2D eigenvalue weighted by Gasteiger charge is -2.44. The molecule has 0 radical (unpaired) electrons. The fourth-order valence-corrected chi connectivity index (χ4v) is 5.05. The van der Waals surface area contributed by atoms with E-state index in [9.17, 15) is 0 Å². The van der Waals surface area contributed by atoms with Crippen LogP contribution in [0.15, 0.2) is 16.8 Å². The van der Waals surface area contributed by atoms with E-state index in [1.54, 1.807) is 11.3 Å². The summed E-state index contributed by atoms with van der Waals surface area (Å²) in [5, 5.41) is 4.48. The topological polar surface area (TPSA) is 15.7 Å². The Morgan fingerprint density at radius 2 is 2.14 bits per heavy atom. The van der Waals surface area contributed by atoms with Crippen LogP contribution in [0.3, 0.4) is 0 Å². The van der Waals surface area contributed by atoms with E-state index in [1.165, 1.54) is 44.6 Å². The number of rotatable bonds is 5. The van der Waals surface area contributed by atoms with Gasteiger partial charge in [-0.1, -0.05) is 0 Å². The first kappa shape index (κ1) is 16.4. The largest absolute Gasteiger partial charge is 0.384 e. The van der Waals surface area contributed by atoms with Gasteiger partial charge >= 0.3 is 0 Å². The minimum Gasteiger partial charge on any atom is -0.384 e. The van der Waals surface area contributed by atoms with Gasteiger partial charge in [0.2, 0.25) is 0 Å². The average molecular weight is 323 g/mol. The van der Waals surface area contributed by atoms with Gasteiger partial charge < -0.3 is 9.64 Å². The van der Waals surface area contributed by atoms with Crippen molar-refractivity contribution in [3.8, 4) is 0 Å². The lowest BCUT2D eigenvalue weighted by molar-refractivity contribution is 0.0281. The van der Waals surface area contributed by atoms with Gasteiger partial charge in [0.05, 0.1) is 6.61 Å². The monoisotopic (exact) mass is 322 g/mol. The quantitative estimate of drug-likeness (QED) is 0.827. The predicted octanol–water partition coefficient (Wildman–Crippen LogP) is 3.32. The van der Waals surface area contributed by atoms with Crippen LogP contribution in [0.25, 0.3) is 0 Å². The molecular weight excluding hydrogens is 292 g/mol. The highest BCUT2D eigenvalue weighted by Crippen LogP contribution is 2.45. The highest BCUT2D eigenvalue weighted by atomic mass is 32.1. The molecular formula is C18H30N2OS. The lowest BCUT2D eigenvalue weighted by Crippen LogP contribution is -2.47. The molecule has 4 heteroatoms. The van der Waals surface area contributed by atoms with Crippen molar-refractivity contribution in [3.05, 3.63) is 22.4 Å². The number of nitrogens with zero attached hydrogens (tertiary/aromatic N) is 2. The standard InChI is InChI=1S/C18H30N2OS/c1-15(2)20-7-5-18(6-8-20)14-19(11-17(18)12-21-3)10-16-4-9-22-13-16/h4,9,13,15,17H,5-8,10-12,14H2,1-3H3/t17-/m0/s1. The van der Waals surface area contributed by atoms with Crippen LogP contribution in [0.5, 0.6) is 0 Å². The molecule has 124 valence electrons. The Morgan fingerprint density at radius 3 is 2.73 bits per heavy atom. The molecule has 3 rings (SSSR count). The van der Waals surface area contributed by atoms with Crippen LogP contribution >= 0.6 is 11.3 Å². The molecule has 3 heterocycles. The molecule has 1 aromatic heterocycles. The molecule has 0 amide bonds. The molecule has 0 aromatic carbocycles. The summed E-state index contributed by atoms with van der Waals surface area (Å²) in [6.45, 7) is 11.6. The molecule has 1 atom stereocenters. The van der Waals surface area contributed by atoms with E-state index in [-0.39, 0.29) is 0 Å². The zero-order chi connectivity index (χ0) is 15.6. The van der Waals surface area contributed by atoms with Crippen molar-refractivity contribution in [1.82, 2.24) is 9.80 Å². The third-order valence-electron chi connectivity index (χ3n) is 5.76. The third kappa shape index (κ3) is 3.40. The maximum Gasteiger partial charge on any atom is 0.0508 e. The molecule has 0 bridgehead atoms. The smallest absolute Gasteiger partial charge is 0.0508 e. The minimum atomic E-state index is 0.484. The first-order chi connectivity index (χ1) is 10.6. The number of hydrogen-bond acceptors (Lipinski definition) is 4. The van der Waals surface area contributed by atoms with Gasteiger partial charge in [-0.25, -0.2) is 0 Å². The maximum absolute atomic E-state index is 5.57. The normalized spacial score (nSPS) is 26.3. The van der Waals surface area contributed by atoms with Gasteiger partial charge in [-0.3, -0.25) is 4.90 Å². The third-order valence-corrected chi connectivity index (χ3v) is 6.49. The molecule has 2 aliphatic heterocycles. The Bertz CT molecular complexity index is 452. The summed E-state index contributed by atoms with van der Waals surface area (Å²) in [6.07, 6.45) is 2.67. The second kappa shape index (κ2) is 7.00. The van der Waals surface area contributed by atoms with Crippen LogP contribution in [0.1, 0.15) is 32.3 Å². The number of likely N-dealkylation sites (tertiary alicyclic amines) is 2. The summed E-state index contributed by atoms with van der Waals surface area (Å²) in [5.41, 5.74) is 1.95. The Balaban J connectivity index is 1.66. The Morgan fingerprint density at radius 1 is 1.36 bits per heavy atom. The van der Waals surface area contributed by atoms with E-state index < -0.39 is 0 Å². The fraction of sp³-hybridized carbons (Fsp3) is 0.778. The predicted molar refractivity (Wildman–Crippen MR) is 93.3 cm³/mol. The Kier molecular flexibility index (Phi) is 5.23. The van der Waals surface area contributed by atoms with E-state index in [0.29, 0.717) is 17.4 Å². The van der Waals surface area contributed by atoms with E-state index >= 15 is 0 Å². The summed E-state index contributed by atoms with van der Waals surface area (Å²) in [4.78, 5) is 5.30. The van der Waals surface area contributed by atoms with E-state index in [4.69, 9.17) is 4.74 Å². The van der Waals surface area contributed by atoms with E-state index in [1.807, 2.05) is 7.11 Å². The van der Waals surface area contributed by atoms with Crippen LogP contribution in [-0.4, -0.2) is 55.7 Å². The second-order valence-corrected chi connectivity index (χ2v) is 8.23. The van der Waals surface area contributed by atoms with Crippen LogP contribution in [-0.2, 0) is 11.3 Å². The number of methoxy groups -OCH3 is 1. The van der Waals surface area contributed by atoms with Gasteiger partial charge in [0.25, 0.3) is 0 Å². The van der Waals surface area contributed by atoms with Crippen LogP contribution in [0.4, 0.5) is 0 Å². The van der Waals surface area contributed by atoms with Crippen LogP contribution in [0, 0.1) is 11.3 Å². The SMILES string of the molecule is COC[C@@H]1CN(Cc2ccsc2)CC12CCN(C(C)C)CC2. The lowest BCUT2D eigenvalue weighted by atomic mass is 9.71. The van der Waals surface area contributed by atoms with Gasteiger partial charge in [-0.15, -0.1) is 0 Å². The van der Waals surface area contributed by atoms with Gasteiger partial charge in [-0.05, 0) is 67.6 Å². The molecule has 2 saturated heterocycles. The summed E-state index contributed by atoms with van der Waals surface area (Å²) in [7, 11) is 1.86. The van der Waals surface area contributed by atoms with Crippen LogP contribution < -0.4 is 0 Å². The summed E-state index contributed by atoms with van der Waals surface area (Å²) in [6, 6.07) is 2.95. The Hall–Kier alpha value is -0.420. The zero-order valence-corrected chi connectivity index (χ0v) is 15.1. The molecule has 2 aliphatic rings. The van der Waals surface area contributed by atoms with Gasteiger partial charge in [0.15, 0.2) is 0 Å². The van der Waals surface area contributed by atoms with Crippen molar-refractivity contribution in [1.29, 1.82) is 0 Å². The Labute approximate surface area is 139 Å². The number of ether oxygens (including phenoxy) is 1. The molecule has 2 fully saturated rings. The van der Waals surface area contributed by atoms with Crippen molar-refractivity contribution >= 4 is 11.3 Å². The fourth-order valence-electron chi connectivity index (χ4n) is 4.39. The van der Waals surface area contributed by atoms with Gasteiger partial charge in [0, 0.05) is 38.7 Å². The summed E-state index contributed by atoms with van der Waals surface area (Å²) >= 11 is 1.81. The molecule has 22 heavy (non-hydrogen) atoms. The molecule has 0 N–H and O–H groups in total. The molecule has 1 aromatic rings. The van der Waals surface area contributed by atoms with Crippen molar-refractivity contribution in [2.75, 3.05) is 39.9 Å². The summed E-state index contributed by atoms with van der Waals surface area (Å²) < 4.78 is 5.57. The minimum absolute atomic E-state index is 0.484. The van der Waals surface area contributed by atoms with Crippen molar-refractivity contribution in [3.63, 3.8) is 0 Å². The first-order valence-electron chi connectivity index (χ1n) is 8.59. The molecule has 0 unspecified atom stereocenters. The van der Waals surface area contributed by atoms with Crippen LogP contribution in [0.2, 0.25) is 0 Å². The molecule has 0 saturated carbocycles. The van der Waals surface area contributed by atoms with Crippen molar-refractivity contribution < 1.29 is 4.74 Å². The van der Waals surface area contributed by atoms with E-state index in [0.717, 1.165) is 13.2 Å². The average Bonchev–Trinajstić information content (AvgIpc) is 3.10. The zero-order valence-electron chi connectivity index (χ0n) is 14.3. The number of piperidine rings is 1. The summed E-state index contributed by atoms with van der Waals surface area (Å²) in [5.74, 6) is 0.699. The molecule has 0 aliphatic carbocycles. The molecule has 3 nitrogen and oxygen atoms in total. The van der Waals surface area contributed by atoms with Gasteiger partial charge in [0.1, 0.15) is 0 Å². The highest BCUT2D eigenvalue weighted by Gasteiger charge is 2.47. The van der Waals surface area contributed by atoms with Gasteiger partial charge in [-0.2, -0.15) is 11.3 Å². The maximum atomic E-state index is 5.57. The number of hydrogen-bond donors (Lipinski definition) is 0. The highest BCUT2D eigenvalue weighted by molar-refractivity contribution is 7.07. The second-order valence-electron chi connectivity index (χ2n) is 7.45. The van der Waals surface area contributed by atoms with Crippen molar-refractivity contribution in [2.24, 2.45) is 11.3 Å². The first-order valence-corrected chi connectivity index (χ1v) is 9.54. The van der Waals surface area contributed by atoms with E-state index in [2.05, 4.69) is 40.5 Å². The number of thiophene rings is 1. The van der Waals surface area contributed by atoms with Crippen molar-refractivity contribution in [2.45, 2.75) is 39.3 Å².